The van der Waals surface area contributed by atoms with Gasteiger partial charge in [0.15, 0.2) is 0 Å². The molecule has 5 heteroatoms. The maximum Gasteiger partial charge on any atom is 0.223 e. The van der Waals surface area contributed by atoms with Crippen molar-refractivity contribution in [1.82, 2.24) is 15.3 Å². The summed E-state index contributed by atoms with van der Waals surface area (Å²) in [6.45, 7) is 4.48. The van der Waals surface area contributed by atoms with Crippen LogP contribution >= 0.6 is 0 Å². The first-order valence-corrected chi connectivity index (χ1v) is 10.4. The van der Waals surface area contributed by atoms with Gasteiger partial charge in [-0.15, -0.1) is 0 Å². The van der Waals surface area contributed by atoms with E-state index >= 15 is 0 Å². The fraction of sp³-hybridized carbons (Fsp3) is 0.192. The number of aryl methyl sites for hydroxylation is 1. The molecule has 0 saturated heterocycles. The second kappa shape index (κ2) is 8.96. The minimum Gasteiger partial charge on any atom is -0.383 e. The van der Waals surface area contributed by atoms with Crippen LogP contribution in [0.15, 0.2) is 73.1 Å². The Bertz CT molecular complexity index is 1220. The summed E-state index contributed by atoms with van der Waals surface area (Å²) in [6, 6.07) is 20.4. The molecule has 0 bridgehead atoms. The molecule has 0 fully saturated rings. The summed E-state index contributed by atoms with van der Waals surface area (Å²) in [6.07, 6.45) is 4.00. The fourth-order valence-electron chi connectivity index (χ4n) is 3.75. The zero-order valence-corrected chi connectivity index (χ0v) is 17.8. The molecule has 5 nitrogen and oxygen atoms in total. The highest BCUT2D eigenvalue weighted by atomic mass is 16.1. The molecule has 4 rings (SSSR count). The Hall–Kier alpha value is -3.73. The van der Waals surface area contributed by atoms with Crippen molar-refractivity contribution in [1.29, 1.82) is 0 Å². The molecule has 0 aliphatic heterocycles. The Labute approximate surface area is 182 Å². The molecule has 1 amide bonds. The first kappa shape index (κ1) is 20.5. The molecule has 2 aromatic carbocycles. The largest absolute Gasteiger partial charge is 0.383 e. The Morgan fingerprint density at radius 2 is 1.94 bits per heavy atom. The van der Waals surface area contributed by atoms with Crippen LogP contribution in [0, 0.1) is 12.8 Å². The topological polar surface area (TPSA) is 80.9 Å². The van der Waals surface area contributed by atoms with E-state index in [-0.39, 0.29) is 11.8 Å². The van der Waals surface area contributed by atoms with Crippen LogP contribution in [0.3, 0.4) is 0 Å². The number of nitrogen functional groups attached to an aromatic ring is 1. The lowest BCUT2D eigenvalue weighted by atomic mass is 9.96. The van der Waals surface area contributed by atoms with Crippen LogP contribution in [0.1, 0.15) is 23.6 Å². The van der Waals surface area contributed by atoms with E-state index in [0.717, 1.165) is 27.6 Å². The number of aromatic nitrogens is 2. The standard InChI is InChI=1S/C26H26N4O/c1-17-6-3-4-8-23(17)20-9-10-24-21(13-20)14-22(25(27)30-24)12-18(2)26(31)29-16-19-7-5-11-28-15-19/h3-11,13-15,18H,12,16H2,1-2H3,(H2,27,30)(H,29,31). The van der Waals surface area contributed by atoms with Crippen molar-refractivity contribution < 1.29 is 4.79 Å². The molecule has 0 saturated carbocycles. The number of nitrogens with zero attached hydrogens (tertiary/aromatic N) is 2. The van der Waals surface area contributed by atoms with Gasteiger partial charge < -0.3 is 11.1 Å². The summed E-state index contributed by atoms with van der Waals surface area (Å²) in [7, 11) is 0. The number of carbonyl (C=O) groups excluding carboxylic acids is 1. The van der Waals surface area contributed by atoms with Crippen molar-refractivity contribution in [3.63, 3.8) is 0 Å². The molecule has 0 spiro atoms. The second-order valence-corrected chi connectivity index (χ2v) is 7.94. The van der Waals surface area contributed by atoms with E-state index in [0.29, 0.717) is 18.8 Å². The van der Waals surface area contributed by atoms with E-state index in [1.807, 2.05) is 37.3 Å². The molecule has 0 radical (unpaired) electrons. The number of fused-ring (bicyclic) bond motifs is 1. The molecule has 0 aliphatic rings. The summed E-state index contributed by atoms with van der Waals surface area (Å²) in [5.74, 6) is 0.234. The van der Waals surface area contributed by atoms with Gasteiger partial charge in [0, 0.05) is 30.2 Å². The number of benzene rings is 2. The van der Waals surface area contributed by atoms with Gasteiger partial charge in [-0.1, -0.05) is 43.3 Å². The van der Waals surface area contributed by atoms with E-state index in [4.69, 9.17) is 5.73 Å². The van der Waals surface area contributed by atoms with Crippen LogP contribution in [0.25, 0.3) is 22.0 Å². The van der Waals surface area contributed by atoms with Crippen molar-refractivity contribution in [2.45, 2.75) is 26.8 Å². The number of pyridine rings is 2. The predicted octanol–water partition coefficient (Wildman–Crippen LogP) is 4.68. The summed E-state index contributed by atoms with van der Waals surface area (Å²) in [5, 5.41) is 3.99. The third-order valence-electron chi connectivity index (χ3n) is 5.55. The van der Waals surface area contributed by atoms with Crippen molar-refractivity contribution in [2.75, 3.05) is 5.73 Å². The van der Waals surface area contributed by atoms with Gasteiger partial charge in [-0.25, -0.2) is 4.98 Å². The average molecular weight is 411 g/mol. The van der Waals surface area contributed by atoms with E-state index < -0.39 is 0 Å². The Morgan fingerprint density at radius 3 is 2.71 bits per heavy atom. The first-order chi connectivity index (χ1) is 15.0. The van der Waals surface area contributed by atoms with Gasteiger partial charge in [-0.05, 0) is 65.4 Å². The lowest BCUT2D eigenvalue weighted by molar-refractivity contribution is -0.124. The summed E-state index contributed by atoms with van der Waals surface area (Å²) in [4.78, 5) is 21.2. The van der Waals surface area contributed by atoms with Crippen LogP contribution in [0.5, 0.6) is 0 Å². The van der Waals surface area contributed by atoms with Gasteiger partial charge in [0.1, 0.15) is 5.82 Å². The van der Waals surface area contributed by atoms with E-state index in [2.05, 4.69) is 52.5 Å². The van der Waals surface area contributed by atoms with Gasteiger partial charge in [0.2, 0.25) is 5.91 Å². The Balaban J connectivity index is 1.53. The highest BCUT2D eigenvalue weighted by Gasteiger charge is 2.16. The summed E-state index contributed by atoms with van der Waals surface area (Å²) in [5.41, 5.74) is 12.5. The number of nitrogens with one attached hydrogen (secondary N) is 1. The number of nitrogens with two attached hydrogens (primary N) is 1. The SMILES string of the molecule is Cc1ccccc1-c1ccc2nc(N)c(CC(C)C(=O)NCc3cccnc3)cc2c1. The molecule has 2 aromatic heterocycles. The quantitative estimate of drug-likeness (QED) is 0.483. The van der Waals surface area contributed by atoms with Gasteiger partial charge in [-0.3, -0.25) is 9.78 Å². The van der Waals surface area contributed by atoms with Gasteiger partial charge >= 0.3 is 0 Å². The van der Waals surface area contributed by atoms with Crippen molar-refractivity contribution in [3.05, 3.63) is 89.7 Å². The van der Waals surface area contributed by atoms with Gasteiger partial charge in [0.25, 0.3) is 0 Å². The minimum absolute atomic E-state index is 0.0167. The molecule has 1 unspecified atom stereocenters. The van der Waals surface area contributed by atoms with Crippen LogP contribution in [-0.4, -0.2) is 15.9 Å². The number of rotatable bonds is 6. The fourth-order valence-corrected chi connectivity index (χ4v) is 3.75. The average Bonchev–Trinajstić information content (AvgIpc) is 2.78. The van der Waals surface area contributed by atoms with Crippen molar-refractivity contribution in [2.24, 2.45) is 5.92 Å². The second-order valence-electron chi connectivity index (χ2n) is 7.94. The molecule has 1 atom stereocenters. The minimum atomic E-state index is -0.224. The molecular weight excluding hydrogens is 384 g/mol. The van der Waals surface area contributed by atoms with Crippen LogP contribution in [0.4, 0.5) is 5.82 Å². The molecule has 3 N–H and O–H groups in total. The molecule has 2 heterocycles. The Morgan fingerprint density at radius 1 is 1.10 bits per heavy atom. The highest BCUT2D eigenvalue weighted by Crippen LogP contribution is 2.28. The molecule has 31 heavy (non-hydrogen) atoms. The third kappa shape index (κ3) is 4.72. The molecular formula is C26H26N4O. The first-order valence-electron chi connectivity index (χ1n) is 10.4. The lowest BCUT2D eigenvalue weighted by Gasteiger charge is -2.14. The summed E-state index contributed by atoms with van der Waals surface area (Å²) >= 11 is 0. The van der Waals surface area contributed by atoms with Crippen LogP contribution in [0.2, 0.25) is 0 Å². The Kier molecular flexibility index (Phi) is 5.94. The van der Waals surface area contributed by atoms with E-state index in [1.165, 1.54) is 11.1 Å². The van der Waals surface area contributed by atoms with Crippen LogP contribution < -0.4 is 11.1 Å². The lowest BCUT2D eigenvalue weighted by Crippen LogP contribution is -2.30. The van der Waals surface area contributed by atoms with Gasteiger partial charge in [-0.2, -0.15) is 0 Å². The van der Waals surface area contributed by atoms with E-state index in [1.54, 1.807) is 12.4 Å². The normalized spacial score (nSPS) is 11.9. The molecule has 4 aromatic rings. The summed E-state index contributed by atoms with van der Waals surface area (Å²) < 4.78 is 0. The van der Waals surface area contributed by atoms with E-state index in [9.17, 15) is 4.79 Å². The van der Waals surface area contributed by atoms with Crippen molar-refractivity contribution >= 4 is 22.6 Å². The maximum absolute atomic E-state index is 12.6. The third-order valence-corrected chi connectivity index (χ3v) is 5.55. The number of hydrogen-bond acceptors (Lipinski definition) is 4. The smallest absolute Gasteiger partial charge is 0.223 e. The van der Waals surface area contributed by atoms with Crippen LogP contribution in [-0.2, 0) is 17.8 Å². The molecule has 0 aliphatic carbocycles. The van der Waals surface area contributed by atoms with Gasteiger partial charge in [0.05, 0.1) is 5.52 Å². The predicted molar refractivity (Wildman–Crippen MR) is 125 cm³/mol. The molecule has 156 valence electrons. The zero-order valence-electron chi connectivity index (χ0n) is 17.8. The highest BCUT2D eigenvalue weighted by molar-refractivity contribution is 5.87. The number of carbonyl (C=O) groups is 1. The maximum atomic E-state index is 12.6. The zero-order chi connectivity index (χ0) is 21.8. The van der Waals surface area contributed by atoms with Crippen molar-refractivity contribution in [3.8, 4) is 11.1 Å². The number of anilines is 1. The number of hydrogen-bond donors (Lipinski definition) is 2. The number of amides is 1. The monoisotopic (exact) mass is 410 g/mol.